The van der Waals surface area contributed by atoms with Gasteiger partial charge in [-0.2, -0.15) is 0 Å². The summed E-state index contributed by atoms with van der Waals surface area (Å²) < 4.78 is 0. The Bertz CT molecular complexity index is 562. The molecule has 0 unspecified atom stereocenters. The van der Waals surface area contributed by atoms with Crippen LogP contribution in [0.25, 0.3) is 11.4 Å². The highest BCUT2D eigenvalue weighted by Gasteiger charge is 2.19. The van der Waals surface area contributed by atoms with Gasteiger partial charge in [-0.25, -0.2) is 4.98 Å². The summed E-state index contributed by atoms with van der Waals surface area (Å²) in [7, 11) is 0. The van der Waals surface area contributed by atoms with Crippen molar-refractivity contribution in [3.05, 3.63) is 52.3 Å². The van der Waals surface area contributed by atoms with E-state index < -0.39 is 10.8 Å². The van der Waals surface area contributed by atoms with Crippen molar-refractivity contribution in [2.24, 2.45) is 5.16 Å². The summed E-state index contributed by atoms with van der Waals surface area (Å²) in [5.41, 5.74) is 0.843. The molecule has 0 aliphatic rings. The summed E-state index contributed by atoms with van der Waals surface area (Å²) in [5.74, 6) is -0.191. The maximum atomic E-state index is 10.5. The first-order valence-electron chi connectivity index (χ1n) is 4.69. The van der Waals surface area contributed by atoms with Crippen LogP contribution in [0.5, 0.6) is 0 Å². The Morgan fingerprint density at radius 2 is 2.12 bits per heavy atom. The molecule has 1 aromatic heterocycles. The second-order valence-electron chi connectivity index (χ2n) is 3.19. The van der Waals surface area contributed by atoms with Crippen molar-refractivity contribution in [3.8, 4) is 11.4 Å². The second-order valence-corrected chi connectivity index (χ2v) is 3.19. The van der Waals surface area contributed by atoms with Crippen LogP contribution >= 0.6 is 0 Å². The third kappa shape index (κ3) is 2.12. The van der Waals surface area contributed by atoms with E-state index in [9.17, 15) is 10.1 Å². The Morgan fingerprint density at radius 3 is 2.71 bits per heavy atom. The molecule has 7 nitrogen and oxygen atoms in total. The largest absolute Gasteiger partial charge is 0.434 e. The molecule has 7 heteroatoms. The van der Waals surface area contributed by atoms with Crippen LogP contribution in [0.3, 0.4) is 0 Å². The van der Waals surface area contributed by atoms with Crippen molar-refractivity contribution in [2.45, 2.75) is 0 Å². The first kappa shape index (κ1) is 10.8. The van der Waals surface area contributed by atoms with Gasteiger partial charge in [0.2, 0.25) is 0 Å². The van der Waals surface area contributed by atoms with Crippen LogP contribution < -0.4 is 0 Å². The van der Waals surface area contributed by atoms with E-state index in [1.165, 1.54) is 6.20 Å². The average molecular weight is 232 g/mol. The number of aromatic nitrogens is 2. The molecular weight excluding hydrogens is 224 g/mol. The molecule has 1 aromatic carbocycles. The van der Waals surface area contributed by atoms with Crippen molar-refractivity contribution in [2.75, 3.05) is 0 Å². The lowest BCUT2D eigenvalue weighted by Crippen LogP contribution is -2.13. The van der Waals surface area contributed by atoms with Crippen LogP contribution in [-0.2, 0) is 0 Å². The zero-order chi connectivity index (χ0) is 12.3. The lowest BCUT2D eigenvalue weighted by molar-refractivity contribution is -0.351. The van der Waals surface area contributed by atoms with Crippen LogP contribution in [-0.4, -0.2) is 25.9 Å². The number of oxime groups is 1. The number of aromatic amines is 1. The molecule has 0 bridgehead atoms. The molecule has 2 aromatic rings. The zero-order valence-electron chi connectivity index (χ0n) is 8.57. The Morgan fingerprint density at radius 1 is 1.41 bits per heavy atom. The number of hydrogen-bond donors (Lipinski definition) is 2. The molecule has 1 heterocycles. The molecule has 17 heavy (non-hydrogen) atoms. The third-order valence-corrected chi connectivity index (χ3v) is 2.13. The predicted molar refractivity (Wildman–Crippen MR) is 59.3 cm³/mol. The van der Waals surface area contributed by atoms with Gasteiger partial charge in [-0.3, -0.25) is 0 Å². The number of nitrogens with one attached hydrogen (secondary N) is 1. The van der Waals surface area contributed by atoms with E-state index in [0.29, 0.717) is 5.82 Å². The van der Waals surface area contributed by atoms with Gasteiger partial charge in [0, 0.05) is 5.56 Å². The maximum Gasteiger partial charge on any atom is 0.434 e. The fourth-order valence-corrected chi connectivity index (χ4v) is 1.37. The highest BCUT2D eigenvalue weighted by Crippen LogP contribution is 2.15. The van der Waals surface area contributed by atoms with E-state index in [-0.39, 0.29) is 5.69 Å². The number of amidine groups is 1. The topological polar surface area (TPSA) is 104 Å². The average Bonchev–Trinajstić information content (AvgIpc) is 2.80. The van der Waals surface area contributed by atoms with Gasteiger partial charge in [0.25, 0.3) is 0 Å². The molecule has 0 amide bonds. The molecule has 0 spiro atoms. The summed E-state index contributed by atoms with van der Waals surface area (Å²) >= 11 is 0. The molecule has 2 rings (SSSR count). The molecule has 0 aliphatic heterocycles. The van der Waals surface area contributed by atoms with Crippen LogP contribution in [0, 0.1) is 10.1 Å². The predicted octanol–water partition coefficient (Wildman–Crippen LogP) is 1.49. The zero-order valence-corrected chi connectivity index (χ0v) is 8.57. The summed E-state index contributed by atoms with van der Waals surface area (Å²) in [5, 5.41) is 21.7. The standard InChI is InChI=1S/C10H8N4O3/c15-13-10(14(16)17)8-6-11-9(12-8)7-4-2-1-3-5-7/h1-6,15H,(H,11,12)/b13-10+. The van der Waals surface area contributed by atoms with Gasteiger partial charge in [0.1, 0.15) is 5.82 Å². The van der Waals surface area contributed by atoms with Crippen LogP contribution in [0.1, 0.15) is 5.69 Å². The van der Waals surface area contributed by atoms with E-state index >= 15 is 0 Å². The minimum Gasteiger partial charge on any atom is -0.358 e. The Labute approximate surface area is 95.6 Å². The normalized spacial score (nSPS) is 11.4. The molecule has 0 fully saturated rings. The number of rotatable bonds is 2. The van der Waals surface area contributed by atoms with Gasteiger partial charge < -0.3 is 20.3 Å². The summed E-state index contributed by atoms with van der Waals surface area (Å²) in [6, 6.07) is 9.12. The molecule has 0 saturated carbocycles. The molecule has 0 aliphatic carbocycles. The van der Waals surface area contributed by atoms with Crippen molar-refractivity contribution in [1.82, 2.24) is 9.97 Å². The molecule has 0 atom stereocenters. The van der Waals surface area contributed by atoms with Crippen LogP contribution in [0.4, 0.5) is 0 Å². The minimum absolute atomic E-state index is 0.0522. The van der Waals surface area contributed by atoms with E-state index in [2.05, 4.69) is 15.1 Å². The molecule has 2 N–H and O–H groups in total. The fourth-order valence-electron chi connectivity index (χ4n) is 1.37. The first-order valence-corrected chi connectivity index (χ1v) is 4.69. The number of imidazole rings is 1. The quantitative estimate of drug-likeness (QED) is 0.269. The molecule has 0 saturated heterocycles. The summed E-state index contributed by atoms with van der Waals surface area (Å²) in [4.78, 5) is 16.5. The van der Waals surface area contributed by atoms with Gasteiger partial charge in [-0.1, -0.05) is 30.3 Å². The number of H-pyrrole nitrogens is 1. The van der Waals surface area contributed by atoms with E-state index in [0.717, 1.165) is 5.56 Å². The first-order chi connectivity index (χ1) is 8.22. The van der Waals surface area contributed by atoms with Gasteiger partial charge in [-0.15, -0.1) is 0 Å². The van der Waals surface area contributed by atoms with Crippen LogP contribution in [0.15, 0.2) is 41.7 Å². The monoisotopic (exact) mass is 232 g/mol. The lowest BCUT2D eigenvalue weighted by Gasteiger charge is -1.95. The van der Waals surface area contributed by atoms with Crippen LogP contribution in [0.2, 0.25) is 0 Å². The lowest BCUT2D eigenvalue weighted by atomic mass is 10.2. The maximum absolute atomic E-state index is 10.5. The van der Waals surface area contributed by atoms with Gasteiger partial charge in [-0.05, 0) is 4.92 Å². The highest BCUT2D eigenvalue weighted by atomic mass is 16.6. The van der Waals surface area contributed by atoms with Crippen molar-refractivity contribution >= 4 is 5.84 Å². The minimum atomic E-state index is -0.789. The molecule has 0 radical (unpaired) electrons. The van der Waals surface area contributed by atoms with E-state index in [4.69, 9.17) is 5.21 Å². The third-order valence-electron chi connectivity index (χ3n) is 2.13. The van der Waals surface area contributed by atoms with Crippen molar-refractivity contribution < 1.29 is 10.1 Å². The van der Waals surface area contributed by atoms with Gasteiger partial charge in [0.05, 0.1) is 6.20 Å². The smallest absolute Gasteiger partial charge is 0.358 e. The highest BCUT2D eigenvalue weighted by molar-refractivity contribution is 5.90. The number of benzene rings is 1. The number of hydrogen-bond acceptors (Lipinski definition) is 5. The van der Waals surface area contributed by atoms with Crippen molar-refractivity contribution in [1.29, 1.82) is 0 Å². The van der Waals surface area contributed by atoms with Gasteiger partial charge >= 0.3 is 5.84 Å². The van der Waals surface area contributed by atoms with E-state index in [1.54, 1.807) is 0 Å². The number of nitrogens with zero attached hydrogens (tertiary/aromatic N) is 3. The summed E-state index contributed by atoms with van der Waals surface area (Å²) in [6.07, 6.45) is 1.25. The van der Waals surface area contributed by atoms with Gasteiger partial charge in [0.15, 0.2) is 10.8 Å². The SMILES string of the molecule is O=[N+]([O-])/C(=N/O)c1cnc(-c2ccccc2)[nH]1. The second kappa shape index (κ2) is 4.44. The molecular formula is C10H8N4O3. The molecule has 86 valence electrons. The fraction of sp³-hybridized carbons (Fsp3) is 0. The Hall–Kier alpha value is -2.70. The van der Waals surface area contributed by atoms with E-state index in [1.807, 2.05) is 30.3 Å². The van der Waals surface area contributed by atoms with Crippen molar-refractivity contribution in [3.63, 3.8) is 0 Å². The Kier molecular flexibility index (Phi) is 2.82. The number of nitro groups is 1. The summed E-state index contributed by atoms with van der Waals surface area (Å²) in [6.45, 7) is 0. The Balaban J connectivity index is 2.37.